The van der Waals surface area contributed by atoms with E-state index in [1.54, 1.807) is 17.4 Å². The van der Waals surface area contributed by atoms with Crippen LogP contribution in [-0.2, 0) is 0 Å². The summed E-state index contributed by atoms with van der Waals surface area (Å²) < 4.78 is 12.8. The lowest BCUT2D eigenvalue weighted by atomic mass is 10.0. The molecule has 15 heavy (non-hydrogen) atoms. The average molecular weight is 242 g/mol. The number of hydrogen-bond acceptors (Lipinski definition) is 2. The number of nitrogens with two attached hydrogens (primary N) is 1. The Morgan fingerprint density at radius 2 is 2.13 bits per heavy atom. The molecule has 0 aliphatic heterocycles. The zero-order valence-corrected chi connectivity index (χ0v) is 9.36. The highest BCUT2D eigenvalue weighted by Gasteiger charge is 2.13. The van der Waals surface area contributed by atoms with Gasteiger partial charge in [0.2, 0.25) is 0 Å². The minimum atomic E-state index is -0.346. The maximum atomic E-state index is 12.8. The Labute approximate surface area is 96.3 Å². The molecule has 1 aromatic heterocycles. The second-order valence-corrected chi connectivity index (χ2v) is 4.39. The van der Waals surface area contributed by atoms with E-state index in [4.69, 9.17) is 17.3 Å². The van der Waals surface area contributed by atoms with Crippen LogP contribution in [0.25, 0.3) is 0 Å². The van der Waals surface area contributed by atoms with E-state index in [1.165, 1.54) is 12.1 Å². The standard InChI is InChI=1S/C11H9ClFNS/c12-10-5-8(13)1-2-9(10)11(14)7-3-4-15-6-7/h1-6,11H,14H2/t11-/m0/s1. The molecule has 0 amide bonds. The van der Waals surface area contributed by atoms with Gasteiger partial charge in [-0.05, 0) is 40.1 Å². The first-order valence-corrected chi connectivity index (χ1v) is 5.73. The van der Waals surface area contributed by atoms with Crippen LogP contribution in [0, 0.1) is 5.82 Å². The van der Waals surface area contributed by atoms with E-state index in [2.05, 4.69) is 0 Å². The van der Waals surface area contributed by atoms with Crippen LogP contribution < -0.4 is 5.73 Å². The smallest absolute Gasteiger partial charge is 0.124 e. The zero-order chi connectivity index (χ0) is 10.8. The van der Waals surface area contributed by atoms with Crippen LogP contribution in [0.1, 0.15) is 17.2 Å². The third-order valence-corrected chi connectivity index (χ3v) is 3.23. The van der Waals surface area contributed by atoms with E-state index < -0.39 is 0 Å². The third kappa shape index (κ3) is 2.20. The first kappa shape index (κ1) is 10.6. The Morgan fingerprint density at radius 3 is 2.73 bits per heavy atom. The third-order valence-electron chi connectivity index (χ3n) is 2.20. The van der Waals surface area contributed by atoms with Crippen molar-refractivity contribution in [1.82, 2.24) is 0 Å². The summed E-state index contributed by atoms with van der Waals surface area (Å²) in [6.45, 7) is 0. The van der Waals surface area contributed by atoms with Gasteiger partial charge in [-0.25, -0.2) is 4.39 Å². The molecule has 0 saturated heterocycles. The largest absolute Gasteiger partial charge is 0.320 e. The van der Waals surface area contributed by atoms with Gasteiger partial charge in [0.25, 0.3) is 0 Å². The lowest BCUT2D eigenvalue weighted by Crippen LogP contribution is -2.11. The molecule has 4 heteroatoms. The monoisotopic (exact) mass is 241 g/mol. The van der Waals surface area contributed by atoms with Crippen molar-refractivity contribution in [2.75, 3.05) is 0 Å². The fourth-order valence-corrected chi connectivity index (χ4v) is 2.37. The van der Waals surface area contributed by atoms with Crippen molar-refractivity contribution in [3.8, 4) is 0 Å². The summed E-state index contributed by atoms with van der Waals surface area (Å²) in [6, 6.07) is 5.93. The van der Waals surface area contributed by atoms with Gasteiger partial charge in [-0.1, -0.05) is 17.7 Å². The van der Waals surface area contributed by atoms with Crippen molar-refractivity contribution in [1.29, 1.82) is 0 Å². The Kier molecular flexibility index (Phi) is 3.05. The summed E-state index contributed by atoms with van der Waals surface area (Å²) in [5.74, 6) is -0.346. The van der Waals surface area contributed by atoms with Gasteiger partial charge in [-0.15, -0.1) is 0 Å². The van der Waals surface area contributed by atoms with Gasteiger partial charge in [0.1, 0.15) is 5.82 Å². The molecular weight excluding hydrogens is 233 g/mol. The molecule has 0 radical (unpaired) electrons. The number of rotatable bonds is 2. The normalized spacial score (nSPS) is 12.7. The summed E-state index contributed by atoms with van der Waals surface area (Å²) in [4.78, 5) is 0. The quantitative estimate of drug-likeness (QED) is 0.855. The van der Waals surface area contributed by atoms with Crippen LogP contribution in [0.3, 0.4) is 0 Å². The predicted octanol–water partition coefficient (Wildman–Crippen LogP) is 3.59. The van der Waals surface area contributed by atoms with Gasteiger partial charge in [0.15, 0.2) is 0 Å². The zero-order valence-electron chi connectivity index (χ0n) is 7.78. The Balaban J connectivity index is 2.38. The first-order chi connectivity index (χ1) is 7.18. The molecule has 0 saturated carbocycles. The van der Waals surface area contributed by atoms with Crippen molar-refractivity contribution in [2.24, 2.45) is 5.73 Å². The fraction of sp³-hybridized carbons (Fsp3) is 0.0909. The van der Waals surface area contributed by atoms with Gasteiger partial charge in [-0.2, -0.15) is 11.3 Å². The van der Waals surface area contributed by atoms with Gasteiger partial charge in [-0.3, -0.25) is 0 Å². The SMILES string of the molecule is N[C@@H](c1ccsc1)c1ccc(F)cc1Cl. The summed E-state index contributed by atoms with van der Waals surface area (Å²) in [5, 5.41) is 4.28. The van der Waals surface area contributed by atoms with E-state index >= 15 is 0 Å². The van der Waals surface area contributed by atoms with Crippen molar-refractivity contribution < 1.29 is 4.39 Å². The van der Waals surface area contributed by atoms with Crippen LogP contribution in [-0.4, -0.2) is 0 Å². The predicted molar refractivity (Wildman–Crippen MR) is 61.8 cm³/mol. The average Bonchev–Trinajstić information content (AvgIpc) is 2.69. The molecular formula is C11H9ClFNS. The minimum absolute atomic E-state index is 0.288. The van der Waals surface area contributed by atoms with E-state index in [1.807, 2.05) is 16.8 Å². The van der Waals surface area contributed by atoms with Crippen molar-refractivity contribution in [2.45, 2.75) is 6.04 Å². The minimum Gasteiger partial charge on any atom is -0.320 e. The maximum absolute atomic E-state index is 12.8. The molecule has 1 atom stereocenters. The molecule has 0 spiro atoms. The number of halogens is 2. The summed E-state index contributed by atoms with van der Waals surface area (Å²) in [5.41, 5.74) is 7.75. The molecule has 2 aromatic rings. The molecule has 0 aliphatic carbocycles. The van der Waals surface area contributed by atoms with E-state index in [-0.39, 0.29) is 11.9 Å². The number of hydrogen-bond donors (Lipinski definition) is 1. The maximum Gasteiger partial charge on any atom is 0.124 e. The Bertz CT molecular complexity index is 456. The Morgan fingerprint density at radius 1 is 1.33 bits per heavy atom. The molecule has 78 valence electrons. The van der Waals surface area contributed by atoms with Crippen LogP contribution in [0.4, 0.5) is 4.39 Å². The second-order valence-electron chi connectivity index (χ2n) is 3.20. The first-order valence-electron chi connectivity index (χ1n) is 4.41. The van der Waals surface area contributed by atoms with Gasteiger partial charge >= 0.3 is 0 Å². The topological polar surface area (TPSA) is 26.0 Å². The molecule has 0 unspecified atom stereocenters. The second kappa shape index (κ2) is 4.31. The molecule has 2 N–H and O–H groups in total. The van der Waals surface area contributed by atoms with Crippen LogP contribution in [0.5, 0.6) is 0 Å². The molecule has 0 fully saturated rings. The highest BCUT2D eigenvalue weighted by atomic mass is 35.5. The van der Waals surface area contributed by atoms with E-state index in [9.17, 15) is 4.39 Å². The summed E-state index contributed by atoms with van der Waals surface area (Å²) in [6.07, 6.45) is 0. The lowest BCUT2D eigenvalue weighted by molar-refractivity contribution is 0.626. The van der Waals surface area contributed by atoms with Crippen LogP contribution in [0.2, 0.25) is 5.02 Å². The summed E-state index contributed by atoms with van der Waals surface area (Å²) in [7, 11) is 0. The number of thiophene rings is 1. The van der Waals surface area contributed by atoms with Crippen molar-refractivity contribution in [3.05, 3.63) is 57.0 Å². The van der Waals surface area contributed by atoms with Crippen LogP contribution >= 0.6 is 22.9 Å². The highest BCUT2D eigenvalue weighted by Crippen LogP contribution is 2.28. The van der Waals surface area contributed by atoms with Gasteiger partial charge in [0, 0.05) is 5.02 Å². The van der Waals surface area contributed by atoms with Gasteiger partial charge in [0.05, 0.1) is 6.04 Å². The molecule has 2 rings (SSSR count). The van der Waals surface area contributed by atoms with E-state index in [0.29, 0.717) is 5.02 Å². The van der Waals surface area contributed by atoms with Crippen LogP contribution in [0.15, 0.2) is 35.0 Å². The summed E-state index contributed by atoms with van der Waals surface area (Å²) >= 11 is 7.50. The lowest BCUT2D eigenvalue weighted by Gasteiger charge is -2.12. The molecule has 1 heterocycles. The van der Waals surface area contributed by atoms with Crippen molar-refractivity contribution in [3.63, 3.8) is 0 Å². The van der Waals surface area contributed by atoms with Gasteiger partial charge < -0.3 is 5.73 Å². The highest BCUT2D eigenvalue weighted by molar-refractivity contribution is 7.08. The number of benzene rings is 1. The molecule has 0 bridgehead atoms. The molecule has 1 nitrogen and oxygen atoms in total. The van der Waals surface area contributed by atoms with Crippen molar-refractivity contribution >= 4 is 22.9 Å². The van der Waals surface area contributed by atoms with E-state index in [0.717, 1.165) is 11.1 Å². The Hall–Kier alpha value is -0.900. The molecule has 0 aliphatic rings. The fourth-order valence-electron chi connectivity index (χ4n) is 1.39. The molecule has 1 aromatic carbocycles.